The first-order valence-corrected chi connectivity index (χ1v) is 11.7. The summed E-state index contributed by atoms with van der Waals surface area (Å²) < 4.78 is 0. The molecule has 2 aromatic carbocycles. The van der Waals surface area contributed by atoms with Crippen LogP contribution in [-0.4, -0.2) is 22.9 Å². The summed E-state index contributed by atoms with van der Waals surface area (Å²) in [7, 11) is 0. The maximum Gasteiger partial charge on any atom is 0.272 e. The van der Waals surface area contributed by atoms with Gasteiger partial charge in [-0.05, 0) is 57.0 Å². The van der Waals surface area contributed by atoms with Crippen molar-refractivity contribution in [3.05, 3.63) is 68.7 Å². The van der Waals surface area contributed by atoms with E-state index in [4.69, 9.17) is 23.2 Å². The molecule has 0 saturated carbocycles. The molecule has 0 unspecified atom stereocenters. The third-order valence-corrected chi connectivity index (χ3v) is 5.78. The van der Waals surface area contributed by atoms with Crippen LogP contribution in [0.4, 0.5) is 0 Å². The van der Waals surface area contributed by atoms with Crippen molar-refractivity contribution in [2.75, 3.05) is 0 Å². The summed E-state index contributed by atoms with van der Waals surface area (Å²) in [6.45, 7) is 8.18. The van der Waals surface area contributed by atoms with Crippen molar-refractivity contribution < 1.29 is 9.59 Å². The smallest absolute Gasteiger partial charge is 0.267 e. The van der Waals surface area contributed by atoms with Crippen molar-refractivity contribution in [1.29, 1.82) is 0 Å². The molecule has 0 saturated heterocycles. The normalized spacial score (nSPS) is 10.9. The molecule has 2 aromatic rings. The van der Waals surface area contributed by atoms with E-state index in [-0.39, 0.29) is 22.5 Å². The van der Waals surface area contributed by atoms with Crippen LogP contribution in [0, 0.1) is 13.8 Å². The fourth-order valence-corrected chi connectivity index (χ4v) is 4.16. The molecule has 1 N–H and O–H groups in total. The number of hydrogen-bond donors (Lipinski definition) is 1. The molecule has 2 amide bonds. The number of carbonyl (C=O) groups excluding carboxylic acids is 2. The van der Waals surface area contributed by atoms with Gasteiger partial charge in [-0.3, -0.25) is 15.0 Å². The van der Waals surface area contributed by atoms with Crippen LogP contribution in [0.2, 0.25) is 10.0 Å². The van der Waals surface area contributed by atoms with Gasteiger partial charge in [-0.1, -0.05) is 79.9 Å². The lowest BCUT2D eigenvalue weighted by Gasteiger charge is -2.32. The van der Waals surface area contributed by atoms with E-state index in [9.17, 15) is 9.59 Å². The maximum absolute atomic E-state index is 13.6. The summed E-state index contributed by atoms with van der Waals surface area (Å²) >= 11 is 12.2. The molecular weight excluding hydrogens is 431 g/mol. The zero-order valence-electron chi connectivity index (χ0n) is 18.8. The zero-order valence-corrected chi connectivity index (χ0v) is 20.3. The van der Waals surface area contributed by atoms with Crippen molar-refractivity contribution in [2.24, 2.45) is 0 Å². The SMILES string of the molecule is CCCCC(CCCC)N(NC(=O)c1ccc(Cl)cc1Cl)C(=O)c1cc(C)cc(C)c1. The summed E-state index contributed by atoms with van der Waals surface area (Å²) in [5.41, 5.74) is 5.74. The van der Waals surface area contributed by atoms with Gasteiger partial charge in [-0.25, -0.2) is 5.01 Å². The van der Waals surface area contributed by atoms with E-state index in [1.807, 2.05) is 32.0 Å². The van der Waals surface area contributed by atoms with E-state index in [2.05, 4.69) is 19.3 Å². The Labute approximate surface area is 195 Å². The topological polar surface area (TPSA) is 49.4 Å². The second-order valence-corrected chi connectivity index (χ2v) is 8.90. The van der Waals surface area contributed by atoms with Crippen LogP contribution < -0.4 is 5.43 Å². The van der Waals surface area contributed by atoms with Gasteiger partial charge in [0.1, 0.15) is 0 Å². The van der Waals surface area contributed by atoms with Gasteiger partial charge in [0.25, 0.3) is 11.8 Å². The lowest BCUT2D eigenvalue weighted by atomic mass is 10.0. The number of halogens is 2. The van der Waals surface area contributed by atoms with Crippen LogP contribution in [0.1, 0.15) is 84.2 Å². The van der Waals surface area contributed by atoms with Gasteiger partial charge < -0.3 is 0 Å². The Morgan fingerprint density at radius 2 is 1.52 bits per heavy atom. The largest absolute Gasteiger partial charge is 0.272 e. The first kappa shape index (κ1) is 25.2. The van der Waals surface area contributed by atoms with Crippen LogP contribution in [-0.2, 0) is 0 Å². The molecule has 0 fully saturated rings. The fourth-order valence-electron chi connectivity index (χ4n) is 3.67. The number of amides is 2. The Hall–Kier alpha value is -2.04. The molecule has 2 rings (SSSR count). The molecule has 0 aliphatic carbocycles. The molecule has 31 heavy (non-hydrogen) atoms. The molecule has 168 valence electrons. The first-order chi connectivity index (χ1) is 14.8. The highest BCUT2D eigenvalue weighted by atomic mass is 35.5. The number of nitrogens with zero attached hydrogens (tertiary/aromatic N) is 1. The second kappa shape index (κ2) is 12.1. The molecule has 0 atom stereocenters. The number of hydrazine groups is 1. The van der Waals surface area contributed by atoms with Gasteiger partial charge in [0, 0.05) is 10.6 Å². The van der Waals surface area contributed by atoms with Crippen LogP contribution in [0.15, 0.2) is 36.4 Å². The molecule has 4 nitrogen and oxygen atoms in total. The highest BCUT2D eigenvalue weighted by Gasteiger charge is 2.27. The van der Waals surface area contributed by atoms with Gasteiger partial charge in [-0.2, -0.15) is 0 Å². The fraction of sp³-hybridized carbons (Fsp3) is 0.440. The number of unbranched alkanes of at least 4 members (excludes halogenated alkanes) is 2. The highest BCUT2D eigenvalue weighted by molar-refractivity contribution is 6.36. The predicted molar refractivity (Wildman–Crippen MR) is 129 cm³/mol. The molecule has 0 heterocycles. The highest BCUT2D eigenvalue weighted by Crippen LogP contribution is 2.23. The van der Waals surface area contributed by atoms with Gasteiger partial charge in [0.15, 0.2) is 0 Å². The summed E-state index contributed by atoms with van der Waals surface area (Å²) in [4.78, 5) is 26.7. The molecule has 0 spiro atoms. The maximum atomic E-state index is 13.6. The van der Waals surface area contributed by atoms with Crippen molar-refractivity contribution >= 4 is 35.0 Å². The van der Waals surface area contributed by atoms with Crippen LogP contribution in [0.5, 0.6) is 0 Å². The minimum atomic E-state index is -0.419. The lowest BCUT2D eigenvalue weighted by molar-refractivity contribution is 0.0450. The van der Waals surface area contributed by atoms with E-state index in [0.717, 1.165) is 49.7 Å². The predicted octanol–water partition coefficient (Wildman–Crippen LogP) is 7.15. The van der Waals surface area contributed by atoms with E-state index in [1.54, 1.807) is 12.1 Å². The van der Waals surface area contributed by atoms with Crippen molar-refractivity contribution in [3.8, 4) is 0 Å². The second-order valence-electron chi connectivity index (χ2n) is 8.05. The van der Waals surface area contributed by atoms with Crippen molar-refractivity contribution in [1.82, 2.24) is 10.4 Å². The third-order valence-electron chi connectivity index (χ3n) is 5.23. The zero-order chi connectivity index (χ0) is 23.0. The average molecular weight is 463 g/mol. The third kappa shape index (κ3) is 7.26. The van der Waals surface area contributed by atoms with Crippen molar-refractivity contribution in [3.63, 3.8) is 0 Å². The standard InChI is InChI=1S/C25H32Cl2N2O2/c1-5-7-9-21(10-8-6-2)29(25(31)19-14-17(3)13-18(4)15-19)28-24(30)22-12-11-20(26)16-23(22)27/h11-16,21H,5-10H2,1-4H3,(H,28,30). The molecule has 6 heteroatoms. The van der Waals surface area contributed by atoms with E-state index in [1.165, 1.54) is 11.1 Å². The van der Waals surface area contributed by atoms with E-state index < -0.39 is 5.91 Å². The van der Waals surface area contributed by atoms with Gasteiger partial charge in [-0.15, -0.1) is 0 Å². The first-order valence-electron chi connectivity index (χ1n) is 10.9. The van der Waals surface area contributed by atoms with E-state index >= 15 is 0 Å². The van der Waals surface area contributed by atoms with Crippen LogP contribution >= 0.6 is 23.2 Å². The number of nitrogens with one attached hydrogen (secondary N) is 1. The Balaban J connectivity index is 2.41. The molecule has 0 radical (unpaired) electrons. The van der Waals surface area contributed by atoms with Gasteiger partial charge in [0.05, 0.1) is 16.6 Å². The number of rotatable bonds is 9. The lowest BCUT2D eigenvalue weighted by Crippen LogP contribution is -2.52. The van der Waals surface area contributed by atoms with Crippen LogP contribution in [0.3, 0.4) is 0 Å². The number of hydrogen-bond acceptors (Lipinski definition) is 2. The van der Waals surface area contributed by atoms with Gasteiger partial charge in [0.2, 0.25) is 0 Å². The summed E-state index contributed by atoms with van der Waals surface area (Å²) in [6.07, 6.45) is 5.63. The molecule has 0 aromatic heterocycles. The number of aryl methyl sites for hydroxylation is 2. The van der Waals surface area contributed by atoms with Crippen LogP contribution in [0.25, 0.3) is 0 Å². The molecule has 0 aliphatic heterocycles. The Bertz CT molecular complexity index is 886. The Morgan fingerprint density at radius 3 is 2.03 bits per heavy atom. The Morgan fingerprint density at radius 1 is 0.935 bits per heavy atom. The summed E-state index contributed by atoms with van der Waals surface area (Å²) in [5, 5.41) is 2.23. The minimum absolute atomic E-state index is 0.0942. The number of carbonyl (C=O) groups is 2. The average Bonchev–Trinajstić information content (AvgIpc) is 2.71. The summed E-state index contributed by atoms with van der Waals surface area (Å²) in [5.74, 6) is -0.625. The quantitative estimate of drug-likeness (QED) is 0.402. The molecular formula is C25H32Cl2N2O2. The monoisotopic (exact) mass is 462 g/mol. The molecule has 0 bridgehead atoms. The number of benzene rings is 2. The molecule has 0 aliphatic rings. The van der Waals surface area contributed by atoms with Gasteiger partial charge >= 0.3 is 0 Å². The minimum Gasteiger partial charge on any atom is -0.267 e. The Kier molecular flexibility index (Phi) is 9.86. The summed E-state index contributed by atoms with van der Waals surface area (Å²) in [6, 6.07) is 10.4. The van der Waals surface area contributed by atoms with Crippen molar-refractivity contribution in [2.45, 2.75) is 72.3 Å². The van der Waals surface area contributed by atoms with E-state index in [0.29, 0.717) is 10.6 Å².